The molecule has 0 N–H and O–H groups in total. The van der Waals surface area contributed by atoms with Gasteiger partial charge in [-0.3, -0.25) is 9.59 Å². The van der Waals surface area contributed by atoms with Crippen LogP contribution in [-0.4, -0.2) is 30.4 Å². The first-order valence-electron chi connectivity index (χ1n) is 10.8. The Morgan fingerprint density at radius 1 is 0.812 bits per heavy atom. The average molecular weight is 427 g/mol. The zero-order valence-corrected chi connectivity index (χ0v) is 18.3. The minimum Gasteiger partial charge on any atom is -0.494 e. The fourth-order valence-corrected chi connectivity index (χ4v) is 3.82. The smallest absolute Gasteiger partial charge is 0.282 e. The van der Waals surface area contributed by atoms with E-state index in [1.54, 1.807) is 12.1 Å². The van der Waals surface area contributed by atoms with Crippen molar-refractivity contribution in [1.82, 2.24) is 4.90 Å². The summed E-state index contributed by atoms with van der Waals surface area (Å²) >= 11 is 0. The first-order chi connectivity index (χ1) is 15.6. The van der Waals surface area contributed by atoms with Crippen molar-refractivity contribution in [2.45, 2.75) is 19.9 Å². The van der Waals surface area contributed by atoms with E-state index in [-0.39, 0.29) is 11.8 Å². The molecule has 0 unspecified atom stereocenters. The number of benzene rings is 3. The molecule has 1 aliphatic rings. The molecule has 0 saturated heterocycles. The summed E-state index contributed by atoms with van der Waals surface area (Å²) < 4.78 is 5.68. The number of likely N-dealkylation sites (N-methyl/N-ethyl adjacent to an activating group) is 1. The van der Waals surface area contributed by atoms with Gasteiger partial charge >= 0.3 is 0 Å². The quantitative estimate of drug-likeness (QED) is 0.481. The van der Waals surface area contributed by atoms with Crippen molar-refractivity contribution < 1.29 is 14.3 Å². The molecule has 0 spiro atoms. The molecular formula is C27H26N2O3. The normalized spacial score (nSPS) is 13.6. The van der Waals surface area contributed by atoms with E-state index < -0.39 is 0 Å². The summed E-state index contributed by atoms with van der Waals surface area (Å²) in [6, 6.07) is 26.3. The zero-order valence-electron chi connectivity index (χ0n) is 18.3. The number of hydrogen-bond acceptors (Lipinski definition) is 4. The van der Waals surface area contributed by atoms with Crippen molar-refractivity contribution >= 4 is 23.1 Å². The van der Waals surface area contributed by atoms with Crippen LogP contribution in [-0.2, 0) is 16.1 Å². The fraction of sp³-hybridized carbons (Fsp3) is 0.185. The summed E-state index contributed by atoms with van der Waals surface area (Å²) in [7, 11) is 1.85. The van der Waals surface area contributed by atoms with Gasteiger partial charge in [0.15, 0.2) is 0 Å². The largest absolute Gasteiger partial charge is 0.494 e. The molecule has 4 rings (SSSR count). The molecule has 0 bridgehead atoms. The van der Waals surface area contributed by atoms with Gasteiger partial charge in [0.05, 0.1) is 17.9 Å². The minimum atomic E-state index is -0.321. The molecule has 0 saturated carbocycles. The molecule has 1 aliphatic heterocycles. The van der Waals surface area contributed by atoms with Gasteiger partial charge in [-0.25, -0.2) is 4.90 Å². The minimum absolute atomic E-state index is 0.319. The highest BCUT2D eigenvalue weighted by molar-refractivity contribution is 6.45. The number of anilines is 1. The Kier molecular flexibility index (Phi) is 6.36. The molecule has 32 heavy (non-hydrogen) atoms. The summed E-state index contributed by atoms with van der Waals surface area (Å²) in [6.45, 7) is 3.19. The van der Waals surface area contributed by atoms with Crippen LogP contribution >= 0.6 is 0 Å². The van der Waals surface area contributed by atoms with Crippen LogP contribution in [0.3, 0.4) is 0 Å². The number of para-hydroxylation sites is 1. The Hall–Kier alpha value is -3.86. The average Bonchev–Trinajstić information content (AvgIpc) is 3.09. The van der Waals surface area contributed by atoms with Crippen LogP contribution in [0.1, 0.15) is 24.5 Å². The molecule has 0 atom stereocenters. The van der Waals surface area contributed by atoms with Gasteiger partial charge < -0.3 is 9.64 Å². The molecule has 2 amide bonds. The first kappa shape index (κ1) is 21.4. The highest BCUT2D eigenvalue weighted by Crippen LogP contribution is 2.35. The molecule has 0 aliphatic carbocycles. The van der Waals surface area contributed by atoms with Gasteiger partial charge in [0.25, 0.3) is 11.8 Å². The number of rotatable bonds is 8. The maximum absolute atomic E-state index is 13.5. The lowest BCUT2D eigenvalue weighted by atomic mass is 10.0. The SMILES string of the molecule is CCCOc1ccc(C2=C(N(C)Cc3ccccc3)C(=O)N(c3ccccc3)C2=O)cc1. The number of nitrogens with zero attached hydrogens (tertiary/aromatic N) is 2. The predicted octanol–water partition coefficient (Wildman–Crippen LogP) is 4.89. The Labute approximate surface area is 188 Å². The van der Waals surface area contributed by atoms with Gasteiger partial charge in [0.1, 0.15) is 11.4 Å². The van der Waals surface area contributed by atoms with E-state index in [4.69, 9.17) is 4.74 Å². The Morgan fingerprint density at radius 3 is 2.06 bits per heavy atom. The molecule has 0 fully saturated rings. The molecule has 3 aromatic carbocycles. The predicted molar refractivity (Wildman–Crippen MR) is 126 cm³/mol. The third-order valence-electron chi connectivity index (χ3n) is 5.33. The van der Waals surface area contributed by atoms with Gasteiger partial charge in [0.2, 0.25) is 0 Å². The van der Waals surface area contributed by atoms with E-state index in [0.29, 0.717) is 35.7 Å². The standard InChI is InChI=1S/C27H26N2O3/c1-3-18-32-23-16-14-21(15-17-23)24-25(28(2)19-20-10-6-4-7-11-20)27(31)29(26(24)30)22-12-8-5-9-13-22/h4-17H,3,18-19H2,1-2H3. The Morgan fingerprint density at radius 2 is 1.44 bits per heavy atom. The second kappa shape index (κ2) is 9.52. The molecule has 1 heterocycles. The molecule has 0 aromatic heterocycles. The van der Waals surface area contributed by atoms with Crippen molar-refractivity contribution in [2.24, 2.45) is 0 Å². The van der Waals surface area contributed by atoms with Crippen molar-refractivity contribution in [3.63, 3.8) is 0 Å². The zero-order chi connectivity index (χ0) is 22.5. The summed E-state index contributed by atoms with van der Waals surface area (Å²) in [6.07, 6.45) is 0.917. The number of ether oxygens (including phenoxy) is 1. The Balaban J connectivity index is 1.74. The van der Waals surface area contributed by atoms with E-state index in [1.807, 2.05) is 84.7 Å². The topological polar surface area (TPSA) is 49.9 Å². The summed E-state index contributed by atoms with van der Waals surface area (Å²) in [4.78, 5) is 30.2. The second-order valence-electron chi connectivity index (χ2n) is 7.72. The van der Waals surface area contributed by atoms with E-state index in [2.05, 4.69) is 6.92 Å². The van der Waals surface area contributed by atoms with Gasteiger partial charge in [-0.2, -0.15) is 0 Å². The highest BCUT2D eigenvalue weighted by atomic mass is 16.5. The van der Waals surface area contributed by atoms with Crippen molar-refractivity contribution in [1.29, 1.82) is 0 Å². The Bertz CT molecular complexity index is 1120. The lowest BCUT2D eigenvalue weighted by Gasteiger charge is -2.21. The summed E-state index contributed by atoms with van der Waals surface area (Å²) in [5.41, 5.74) is 3.11. The van der Waals surface area contributed by atoms with Gasteiger partial charge in [-0.05, 0) is 41.8 Å². The van der Waals surface area contributed by atoms with Crippen LogP contribution < -0.4 is 9.64 Å². The maximum Gasteiger partial charge on any atom is 0.282 e. The van der Waals surface area contributed by atoms with Crippen LogP contribution in [0.25, 0.3) is 5.57 Å². The van der Waals surface area contributed by atoms with Crippen LogP contribution in [0.2, 0.25) is 0 Å². The molecular weight excluding hydrogens is 400 g/mol. The van der Waals surface area contributed by atoms with Gasteiger partial charge in [-0.15, -0.1) is 0 Å². The van der Waals surface area contributed by atoms with Crippen molar-refractivity contribution in [2.75, 3.05) is 18.6 Å². The lowest BCUT2D eigenvalue weighted by Crippen LogP contribution is -2.34. The third kappa shape index (κ3) is 4.28. The third-order valence-corrected chi connectivity index (χ3v) is 5.33. The summed E-state index contributed by atoms with van der Waals surface area (Å²) in [5, 5.41) is 0. The molecule has 5 heteroatoms. The molecule has 0 radical (unpaired) electrons. The molecule has 5 nitrogen and oxygen atoms in total. The van der Waals surface area contributed by atoms with Crippen molar-refractivity contribution in [3.8, 4) is 5.75 Å². The van der Waals surface area contributed by atoms with E-state index in [0.717, 1.165) is 17.7 Å². The maximum atomic E-state index is 13.5. The number of imide groups is 1. The summed E-state index contributed by atoms with van der Waals surface area (Å²) in [5.74, 6) is 0.103. The first-order valence-corrected chi connectivity index (χ1v) is 10.8. The number of hydrogen-bond donors (Lipinski definition) is 0. The van der Waals surface area contributed by atoms with E-state index >= 15 is 0 Å². The lowest BCUT2D eigenvalue weighted by molar-refractivity contribution is -0.120. The highest BCUT2D eigenvalue weighted by Gasteiger charge is 2.41. The van der Waals surface area contributed by atoms with Crippen LogP contribution in [0.4, 0.5) is 5.69 Å². The number of amides is 2. The van der Waals surface area contributed by atoms with Gasteiger partial charge in [-0.1, -0.05) is 67.6 Å². The van der Waals surface area contributed by atoms with E-state index in [9.17, 15) is 9.59 Å². The van der Waals surface area contributed by atoms with Crippen molar-refractivity contribution in [3.05, 3.63) is 102 Å². The van der Waals surface area contributed by atoms with Crippen LogP contribution in [0.5, 0.6) is 5.75 Å². The molecule has 3 aromatic rings. The number of carbonyl (C=O) groups is 2. The van der Waals surface area contributed by atoms with Crippen LogP contribution in [0.15, 0.2) is 90.6 Å². The van der Waals surface area contributed by atoms with Crippen LogP contribution in [0, 0.1) is 0 Å². The molecule has 162 valence electrons. The van der Waals surface area contributed by atoms with Gasteiger partial charge in [0, 0.05) is 13.6 Å². The second-order valence-corrected chi connectivity index (χ2v) is 7.72. The number of carbonyl (C=O) groups excluding carboxylic acids is 2. The van der Waals surface area contributed by atoms with E-state index in [1.165, 1.54) is 4.90 Å². The fourth-order valence-electron chi connectivity index (χ4n) is 3.82. The monoisotopic (exact) mass is 426 g/mol.